The van der Waals surface area contributed by atoms with E-state index in [1.165, 1.54) is 4.90 Å². The van der Waals surface area contributed by atoms with Crippen molar-refractivity contribution in [2.24, 2.45) is 0 Å². The number of piperidine rings is 1. The highest BCUT2D eigenvalue weighted by Gasteiger charge is 2.30. The Morgan fingerprint density at radius 3 is 2.59 bits per heavy atom. The Bertz CT molecular complexity index is 820. The molecule has 1 fully saturated rings. The minimum Gasteiger partial charge on any atom is -0.345 e. The number of aromatic nitrogens is 2. The van der Waals surface area contributed by atoms with Crippen LogP contribution in [-0.2, 0) is 11.2 Å². The molecular formula is C21H26N4O2. The number of carbonyl (C=O) groups excluding carboxylic acids is 2. The Labute approximate surface area is 160 Å². The smallest absolute Gasteiger partial charge is 0.256 e. The van der Waals surface area contributed by atoms with Crippen molar-refractivity contribution in [1.82, 2.24) is 19.8 Å². The van der Waals surface area contributed by atoms with E-state index < -0.39 is 0 Å². The van der Waals surface area contributed by atoms with Gasteiger partial charge in [0.2, 0.25) is 5.91 Å². The summed E-state index contributed by atoms with van der Waals surface area (Å²) in [5, 5.41) is 0. The van der Waals surface area contributed by atoms with E-state index in [0.717, 1.165) is 31.4 Å². The van der Waals surface area contributed by atoms with Gasteiger partial charge in [0.25, 0.3) is 5.91 Å². The lowest BCUT2D eigenvalue weighted by molar-refractivity contribution is -0.134. The van der Waals surface area contributed by atoms with Crippen LogP contribution in [0.2, 0.25) is 0 Å². The Hall–Kier alpha value is -2.76. The fraction of sp³-hybridized carbons (Fsp3) is 0.429. The first-order chi connectivity index (χ1) is 13.0. The molecule has 27 heavy (non-hydrogen) atoms. The predicted molar refractivity (Wildman–Crippen MR) is 103 cm³/mol. The lowest BCUT2D eigenvalue weighted by atomic mass is 9.99. The molecule has 1 saturated heterocycles. The number of carbonyl (C=O) groups is 2. The summed E-state index contributed by atoms with van der Waals surface area (Å²) in [4.78, 5) is 37.6. The number of rotatable bonds is 4. The Morgan fingerprint density at radius 2 is 1.93 bits per heavy atom. The van der Waals surface area contributed by atoms with Crippen molar-refractivity contribution < 1.29 is 9.59 Å². The zero-order valence-electron chi connectivity index (χ0n) is 16.2. The zero-order chi connectivity index (χ0) is 19.4. The van der Waals surface area contributed by atoms with Crippen molar-refractivity contribution in [3.8, 4) is 0 Å². The highest BCUT2D eigenvalue weighted by molar-refractivity contribution is 5.94. The molecule has 6 nitrogen and oxygen atoms in total. The van der Waals surface area contributed by atoms with Gasteiger partial charge in [0.1, 0.15) is 0 Å². The monoisotopic (exact) mass is 366 g/mol. The molecule has 0 radical (unpaired) electrons. The average Bonchev–Trinajstić information content (AvgIpc) is 2.68. The minimum absolute atomic E-state index is 0.0978. The van der Waals surface area contributed by atoms with Crippen LogP contribution in [0, 0.1) is 6.92 Å². The topological polar surface area (TPSA) is 66.4 Å². The molecule has 6 heteroatoms. The van der Waals surface area contributed by atoms with E-state index in [9.17, 15) is 9.59 Å². The molecule has 1 atom stereocenters. The molecule has 0 saturated carbocycles. The maximum Gasteiger partial charge on any atom is 0.256 e. The van der Waals surface area contributed by atoms with Crippen LogP contribution in [0.25, 0.3) is 0 Å². The van der Waals surface area contributed by atoms with Gasteiger partial charge in [-0.3, -0.25) is 9.59 Å². The van der Waals surface area contributed by atoms with Crippen LogP contribution >= 0.6 is 0 Å². The lowest BCUT2D eigenvalue weighted by Crippen LogP contribution is -2.40. The summed E-state index contributed by atoms with van der Waals surface area (Å²) >= 11 is 0. The third-order valence-electron chi connectivity index (χ3n) is 4.95. The summed E-state index contributed by atoms with van der Waals surface area (Å²) in [5.74, 6) is 0.615. The number of hydrogen-bond donors (Lipinski definition) is 0. The summed E-state index contributed by atoms with van der Waals surface area (Å²) < 4.78 is 0. The number of aryl methyl sites for hydroxylation is 1. The van der Waals surface area contributed by atoms with E-state index in [1.807, 2.05) is 42.2 Å². The van der Waals surface area contributed by atoms with Gasteiger partial charge in [0.05, 0.1) is 23.7 Å². The molecule has 2 aromatic rings. The molecule has 0 N–H and O–H groups in total. The SMILES string of the molecule is Cc1nc([C@H]2CCCCN2C(=O)Cc2ccccc2)ncc1C(=O)N(C)C. The number of likely N-dealkylation sites (tertiary alicyclic amines) is 1. The third-order valence-corrected chi connectivity index (χ3v) is 4.95. The van der Waals surface area contributed by atoms with Gasteiger partial charge in [-0.2, -0.15) is 0 Å². The van der Waals surface area contributed by atoms with Gasteiger partial charge in [-0.15, -0.1) is 0 Å². The molecule has 0 aliphatic carbocycles. The van der Waals surface area contributed by atoms with E-state index in [2.05, 4.69) is 9.97 Å². The van der Waals surface area contributed by atoms with Gasteiger partial charge in [-0.05, 0) is 31.7 Å². The lowest BCUT2D eigenvalue weighted by Gasteiger charge is -2.35. The van der Waals surface area contributed by atoms with Gasteiger partial charge in [0.15, 0.2) is 5.82 Å². The molecule has 0 unspecified atom stereocenters. The van der Waals surface area contributed by atoms with Crippen LogP contribution in [0.4, 0.5) is 0 Å². The van der Waals surface area contributed by atoms with Gasteiger partial charge in [-0.25, -0.2) is 9.97 Å². The largest absolute Gasteiger partial charge is 0.345 e. The first-order valence-electron chi connectivity index (χ1n) is 9.36. The quantitative estimate of drug-likeness (QED) is 0.834. The second-order valence-electron chi connectivity index (χ2n) is 7.19. The van der Waals surface area contributed by atoms with Crippen molar-refractivity contribution in [3.05, 3.63) is 59.2 Å². The Kier molecular flexibility index (Phi) is 5.84. The Morgan fingerprint density at radius 1 is 1.19 bits per heavy atom. The molecular weight excluding hydrogens is 340 g/mol. The molecule has 1 aliphatic heterocycles. The molecule has 3 rings (SSSR count). The summed E-state index contributed by atoms with van der Waals surface area (Å²) in [7, 11) is 3.42. The molecule has 1 aromatic heterocycles. The summed E-state index contributed by atoms with van der Waals surface area (Å²) in [5.41, 5.74) is 2.16. The van der Waals surface area contributed by atoms with Gasteiger partial charge in [-0.1, -0.05) is 30.3 Å². The van der Waals surface area contributed by atoms with Gasteiger partial charge in [0, 0.05) is 26.8 Å². The number of nitrogens with zero attached hydrogens (tertiary/aromatic N) is 4. The normalized spacial score (nSPS) is 16.9. The van der Waals surface area contributed by atoms with E-state index >= 15 is 0 Å². The fourth-order valence-electron chi connectivity index (χ4n) is 3.47. The molecule has 142 valence electrons. The van der Waals surface area contributed by atoms with Crippen LogP contribution in [0.5, 0.6) is 0 Å². The molecule has 0 bridgehead atoms. The number of hydrogen-bond acceptors (Lipinski definition) is 4. The maximum absolute atomic E-state index is 12.9. The molecule has 2 amide bonds. The molecule has 2 heterocycles. The first-order valence-corrected chi connectivity index (χ1v) is 9.36. The van der Waals surface area contributed by atoms with Crippen molar-refractivity contribution in [2.75, 3.05) is 20.6 Å². The predicted octanol–water partition coefficient (Wildman–Crippen LogP) is 2.78. The molecule has 0 spiro atoms. The standard InChI is InChI=1S/C21H26N4O2/c1-15-17(21(27)24(2)3)14-22-20(23-15)18-11-7-8-12-25(18)19(26)13-16-9-5-4-6-10-16/h4-6,9-10,14,18H,7-8,11-13H2,1-3H3/t18-/m1/s1. The van der Waals surface area contributed by atoms with Gasteiger partial charge < -0.3 is 9.80 Å². The van der Waals surface area contributed by atoms with E-state index in [-0.39, 0.29) is 17.9 Å². The third kappa shape index (κ3) is 4.32. The Balaban J connectivity index is 1.82. The van der Waals surface area contributed by atoms with E-state index in [0.29, 0.717) is 23.5 Å². The zero-order valence-corrected chi connectivity index (χ0v) is 16.2. The van der Waals surface area contributed by atoms with Crippen molar-refractivity contribution >= 4 is 11.8 Å². The number of amides is 2. The van der Waals surface area contributed by atoms with Crippen LogP contribution in [0.1, 0.15) is 52.7 Å². The second-order valence-corrected chi connectivity index (χ2v) is 7.19. The van der Waals surface area contributed by atoms with Crippen LogP contribution in [0.15, 0.2) is 36.5 Å². The fourth-order valence-corrected chi connectivity index (χ4v) is 3.47. The van der Waals surface area contributed by atoms with Crippen molar-refractivity contribution in [2.45, 2.75) is 38.6 Å². The highest BCUT2D eigenvalue weighted by Crippen LogP contribution is 2.29. The van der Waals surface area contributed by atoms with Crippen LogP contribution in [0.3, 0.4) is 0 Å². The summed E-state index contributed by atoms with van der Waals surface area (Å²) in [6.45, 7) is 2.54. The maximum atomic E-state index is 12.9. The first kappa shape index (κ1) is 19.0. The van der Waals surface area contributed by atoms with Crippen molar-refractivity contribution in [1.29, 1.82) is 0 Å². The highest BCUT2D eigenvalue weighted by atomic mass is 16.2. The molecule has 1 aromatic carbocycles. The second kappa shape index (κ2) is 8.29. The van der Waals surface area contributed by atoms with Gasteiger partial charge >= 0.3 is 0 Å². The minimum atomic E-state index is -0.128. The summed E-state index contributed by atoms with van der Waals surface area (Å²) in [6.07, 6.45) is 4.86. The average molecular weight is 366 g/mol. The molecule has 1 aliphatic rings. The van der Waals surface area contributed by atoms with E-state index in [1.54, 1.807) is 20.3 Å². The van der Waals surface area contributed by atoms with Crippen LogP contribution < -0.4 is 0 Å². The van der Waals surface area contributed by atoms with Crippen LogP contribution in [-0.4, -0.2) is 52.2 Å². The number of benzene rings is 1. The van der Waals surface area contributed by atoms with Crippen molar-refractivity contribution in [3.63, 3.8) is 0 Å². The van der Waals surface area contributed by atoms with E-state index in [4.69, 9.17) is 0 Å². The summed E-state index contributed by atoms with van der Waals surface area (Å²) in [6, 6.07) is 9.66.